The average molecular weight is 418 g/mol. The van der Waals surface area contributed by atoms with Crippen molar-refractivity contribution >= 4 is 5.91 Å². The van der Waals surface area contributed by atoms with Gasteiger partial charge < -0.3 is 14.2 Å². The zero-order valence-corrected chi connectivity index (χ0v) is 17.8. The molecule has 1 amide bonds. The van der Waals surface area contributed by atoms with Crippen LogP contribution in [0.3, 0.4) is 0 Å². The summed E-state index contributed by atoms with van der Waals surface area (Å²) in [7, 11) is 3.45. The van der Waals surface area contributed by atoms with Gasteiger partial charge in [0, 0.05) is 50.1 Å². The summed E-state index contributed by atoms with van der Waals surface area (Å²) in [5, 5.41) is 4.15. The topological polar surface area (TPSA) is 69.4 Å². The van der Waals surface area contributed by atoms with Crippen molar-refractivity contribution in [3.8, 4) is 5.75 Å². The molecule has 1 fully saturated rings. The van der Waals surface area contributed by atoms with E-state index in [2.05, 4.69) is 11.2 Å². The number of hydrogen-bond donors (Lipinski definition) is 0. The first-order valence-electron chi connectivity index (χ1n) is 10.7. The standard InChI is InChI=1S/C24H26N4O3/c1-26-21(9-10-25-26)24(30)27-14-17-13-18(15-27)22(28-20(17)7-4-8-23(28)29)12-16-5-3-6-19(11-16)31-2/h3-11,17-18,22H,12-15H2,1-2H3/t17-,18+,22+/m1/s1. The molecule has 0 saturated carbocycles. The van der Waals surface area contributed by atoms with Crippen LogP contribution in [0.2, 0.25) is 0 Å². The molecule has 1 saturated heterocycles. The van der Waals surface area contributed by atoms with Crippen molar-refractivity contribution in [1.29, 1.82) is 0 Å². The number of methoxy groups -OCH3 is 1. The maximum absolute atomic E-state index is 13.2. The van der Waals surface area contributed by atoms with Gasteiger partial charge in [-0.05, 0) is 48.6 Å². The van der Waals surface area contributed by atoms with Gasteiger partial charge in [-0.15, -0.1) is 0 Å². The second-order valence-electron chi connectivity index (χ2n) is 8.52. The van der Waals surface area contributed by atoms with E-state index in [0.29, 0.717) is 18.8 Å². The van der Waals surface area contributed by atoms with Crippen molar-refractivity contribution in [2.45, 2.75) is 24.8 Å². The van der Waals surface area contributed by atoms with Crippen LogP contribution >= 0.6 is 0 Å². The SMILES string of the molecule is COc1cccc(C[C@H]2[C@H]3C[C@H](CN(C(=O)c4ccnn4C)C3)c3cccc(=O)n32)c1. The summed E-state index contributed by atoms with van der Waals surface area (Å²) in [5.74, 6) is 1.17. The highest BCUT2D eigenvalue weighted by atomic mass is 16.5. The van der Waals surface area contributed by atoms with Gasteiger partial charge in [0.2, 0.25) is 0 Å². The van der Waals surface area contributed by atoms with Gasteiger partial charge in [0.15, 0.2) is 0 Å². The maximum Gasteiger partial charge on any atom is 0.272 e. The number of likely N-dealkylation sites (tertiary alicyclic amines) is 1. The van der Waals surface area contributed by atoms with E-state index in [0.717, 1.165) is 29.8 Å². The molecule has 7 heteroatoms. The molecule has 3 aromatic rings. The lowest BCUT2D eigenvalue weighted by molar-refractivity contribution is 0.0518. The fraction of sp³-hybridized carbons (Fsp3) is 0.375. The summed E-state index contributed by atoms with van der Waals surface area (Å²) < 4.78 is 8.99. The van der Waals surface area contributed by atoms with Crippen LogP contribution in [-0.2, 0) is 13.5 Å². The summed E-state index contributed by atoms with van der Waals surface area (Å²) in [6, 6.07) is 15.3. The van der Waals surface area contributed by atoms with Crippen LogP contribution in [0.25, 0.3) is 0 Å². The molecule has 2 aliphatic heterocycles. The Labute approximate surface area is 180 Å². The molecule has 0 N–H and O–H groups in total. The molecule has 3 atom stereocenters. The number of pyridine rings is 1. The predicted molar refractivity (Wildman–Crippen MR) is 116 cm³/mol. The molecule has 0 aliphatic carbocycles. The largest absolute Gasteiger partial charge is 0.497 e. The molecule has 0 unspecified atom stereocenters. The maximum atomic E-state index is 13.2. The van der Waals surface area contributed by atoms with Crippen LogP contribution in [0, 0.1) is 5.92 Å². The number of hydrogen-bond acceptors (Lipinski definition) is 4. The molecule has 7 nitrogen and oxygen atoms in total. The number of nitrogens with zero attached hydrogens (tertiary/aromatic N) is 4. The number of rotatable bonds is 4. The first-order valence-corrected chi connectivity index (χ1v) is 10.7. The second-order valence-corrected chi connectivity index (χ2v) is 8.52. The highest BCUT2D eigenvalue weighted by Crippen LogP contribution is 2.42. The average Bonchev–Trinajstić information content (AvgIpc) is 3.22. The van der Waals surface area contributed by atoms with Gasteiger partial charge in [0.05, 0.1) is 7.11 Å². The van der Waals surface area contributed by atoms with Gasteiger partial charge >= 0.3 is 0 Å². The molecule has 160 valence electrons. The number of carbonyl (C=O) groups excluding carboxylic acids is 1. The lowest BCUT2D eigenvalue weighted by Gasteiger charge is -2.47. The lowest BCUT2D eigenvalue weighted by atomic mass is 9.76. The van der Waals surface area contributed by atoms with Crippen molar-refractivity contribution in [2.24, 2.45) is 13.0 Å². The van der Waals surface area contributed by atoms with E-state index < -0.39 is 0 Å². The van der Waals surface area contributed by atoms with Crippen LogP contribution in [0.1, 0.15) is 40.1 Å². The smallest absolute Gasteiger partial charge is 0.272 e. The van der Waals surface area contributed by atoms with Gasteiger partial charge in [-0.1, -0.05) is 18.2 Å². The molecule has 0 radical (unpaired) electrons. The number of amides is 1. The summed E-state index contributed by atoms with van der Waals surface area (Å²) >= 11 is 0. The Hall–Kier alpha value is -3.35. The number of carbonyl (C=O) groups is 1. The number of aryl methyl sites for hydroxylation is 1. The quantitative estimate of drug-likeness (QED) is 0.653. The van der Waals surface area contributed by atoms with Gasteiger partial charge in [-0.3, -0.25) is 14.3 Å². The minimum Gasteiger partial charge on any atom is -0.497 e. The fourth-order valence-corrected chi connectivity index (χ4v) is 5.26. The summed E-state index contributed by atoms with van der Waals surface area (Å²) in [6.07, 6.45) is 3.35. The second kappa shape index (κ2) is 7.72. The third-order valence-corrected chi connectivity index (χ3v) is 6.70. The third kappa shape index (κ3) is 3.44. The number of aromatic nitrogens is 3. The van der Waals surface area contributed by atoms with E-state index >= 15 is 0 Å². The van der Waals surface area contributed by atoms with Crippen molar-refractivity contribution in [3.05, 3.63) is 82.0 Å². The van der Waals surface area contributed by atoms with Crippen molar-refractivity contribution in [1.82, 2.24) is 19.2 Å². The number of ether oxygens (including phenoxy) is 1. The Morgan fingerprint density at radius 3 is 2.77 bits per heavy atom. The monoisotopic (exact) mass is 418 g/mol. The molecule has 31 heavy (non-hydrogen) atoms. The van der Waals surface area contributed by atoms with E-state index in [9.17, 15) is 9.59 Å². The van der Waals surface area contributed by atoms with Gasteiger partial charge in [0.1, 0.15) is 11.4 Å². The molecular formula is C24H26N4O3. The minimum absolute atomic E-state index is 0.00144. The van der Waals surface area contributed by atoms with Gasteiger partial charge in [-0.25, -0.2) is 0 Å². The zero-order valence-electron chi connectivity index (χ0n) is 17.8. The number of benzene rings is 1. The molecule has 0 spiro atoms. The molecular weight excluding hydrogens is 392 g/mol. The lowest BCUT2D eigenvalue weighted by Crippen LogP contribution is -2.51. The normalized spacial score (nSPS) is 22.1. The van der Waals surface area contributed by atoms with Crippen LogP contribution < -0.4 is 10.3 Å². The van der Waals surface area contributed by atoms with Crippen LogP contribution in [0.4, 0.5) is 0 Å². The van der Waals surface area contributed by atoms with Gasteiger partial charge in [0.25, 0.3) is 11.5 Å². The highest BCUT2D eigenvalue weighted by Gasteiger charge is 2.42. The first kappa shape index (κ1) is 19.6. The van der Waals surface area contributed by atoms with E-state index in [1.54, 1.807) is 37.2 Å². The van der Waals surface area contributed by atoms with E-state index in [1.165, 1.54) is 0 Å². The highest BCUT2D eigenvalue weighted by molar-refractivity contribution is 5.92. The Balaban J connectivity index is 1.52. The minimum atomic E-state index is -0.00538. The van der Waals surface area contributed by atoms with E-state index in [1.807, 2.05) is 39.8 Å². The van der Waals surface area contributed by atoms with Crippen molar-refractivity contribution in [2.75, 3.05) is 20.2 Å². The van der Waals surface area contributed by atoms with Crippen LogP contribution in [0.15, 0.2) is 59.5 Å². The first-order chi connectivity index (χ1) is 15.0. The predicted octanol–water partition coefficient (Wildman–Crippen LogP) is 2.63. The van der Waals surface area contributed by atoms with E-state index in [-0.39, 0.29) is 29.3 Å². The molecule has 2 bridgehead atoms. The molecule has 2 aromatic heterocycles. The number of piperidine rings is 1. The van der Waals surface area contributed by atoms with Crippen LogP contribution in [0.5, 0.6) is 5.75 Å². The van der Waals surface area contributed by atoms with Crippen molar-refractivity contribution in [3.63, 3.8) is 0 Å². The summed E-state index contributed by atoms with van der Waals surface area (Å²) in [4.78, 5) is 28.1. The molecule has 5 rings (SSSR count). The Morgan fingerprint density at radius 1 is 1.16 bits per heavy atom. The Bertz CT molecular complexity index is 1180. The van der Waals surface area contributed by atoms with Crippen molar-refractivity contribution < 1.29 is 9.53 Å². The zero-order chi connectivity index (χ0) is 21.5. The summed E-state index contributed by atoms with van der Waals surface area (Å²) in [5.41, 5.74) is 2.78. The molecule has 4 heterocycles. The Kier molecular flexibility index (Phi) is 4.88. The van der Waals surface area contributed by atoms with E-state index in [4.69, 9.17) is 4.74 Å². The van der Waals surface area contributed by atoms with Crippen LogP contribution in [-0.4, -0.2) is 45.4 Å². The third-order valence-electron chi connectivity index (χ3n) is 6.70. The fourth-order valence-electron chi connectivity index (χ4n) is 5.26. The Morgan fingerprint density at radius 2 is 2.00 bits per heavy atom. The summed E-state index contributed by atoms with van der Waals surface area (Å²) in [6.45, 7) is 1.26. The molecule has 2 aliphatic rings. The van der Waals surface area contributed by atoms with Gasteiger partial charge in [-0.2, -0.15) is 5.10 Å². The number of fused-ring (bicyclic) bond motifs is 4. The molecule has 1 aromatic carbocycles.